The van der Waals surface area contributed by atoms with Crippen molar-refractivity contribution in [3.05, 3.63) is 48.2 Å². The third-order valence-corrected chi connectivity index (χ3v) is 6.29. The van der Waals surface area contributed by atoms with Crippen molar-refractivity contribution in [1.29, 1.82) is 0 Å². The van der Waals surface area contributed by atoms with E-state index in [9.17, 15) is 26.4 Å². The summed E-state index contributed by atoms with van der Waals surface area (Å²) in [7, 11) is -2.72. The van der Waals surface area contributed by atoms with Crippen molar-refractivity contribution in [2.75, 3.05) is 12.4 Å². The monoisotopic (exact) mass is 402 g/mol. The lowest BCUT2D eigenvalue weighted by atomic mass is 10.2. The molecule has 0 aliphatic carbocycles. The number of benzene rings is 1. The summed E-state index contributed by atoms with van der Waals surface area (Å²) in [6, 6.07) is 8.37. The molecule has 2 rings (SSSR count). The van der Waals surface area contributed by atoms with Gasteiger partial charge in [-0.05, 0) is 50.2 Å². The molecule has 1 amide bonds. The molecule has 1 aromatic carbocycles. The fourth-order valence-corrected chi connectivity index (χ4v) is 3.48. The Kier molecular flexibility index (Phi) is 5.50. The summed E-state index contributed by atoms with van der Waals surface area (Å²) >= 11 is 0. The van der Waals surface area contributed by atoms with E-state index in [0.29, 0.717) is 5.75 Å². The molecule has 27 heavy (non-hydrogen) atoms. The number of anilines is 1. The average Bonchev–Trinajstić information content (AvgIpc) is 2.61. The van der Waals surface area contributed by atoms with Crippen LogP contribution in [0.5, 0.6) is 5.75 Å². The molecule has 0 saturated heterocycles. The van der Waals surface area contributed by atoms with Gasteiger partial charge in [0.05, 0.1) is 12.0 Å². The second-order valence-corrected chi connectivity index (χ2v) is 8.55. The minimum Gasteiger partial charge on any atom is -0.497 e. The first kappa shape index (κ1) is 20.7. The molecule has 0 bridgehead atoms. The van der Waals surface area contributed by atoms with Gasteiger partial charge in [0.15, 0.2) is 9.84 Å². The molecule has 146 valence electrons. The molecule has 1 aromatic heterocycles. The van der Waals surface area contributed by atoms with E-state index < -0.39 is 38.2 Å². The van der Waals surface area contributed by atoms with Crippen LogP contribution in [-0.2, 0) is 20.8 Å². The molecular weight excluding hydrogens is 385 g/mol. The number of sulfone groups is 1. The first-order chi connectivity index (χ1) is 12.4. The summed E-state index contributed by atoms with van der Waals surface area (Å²) in [5, 5.41) is 2.14. The highest BCUT2D eigenvalue weighted by molar-refractivity contribution is 7.93. The van der Waals surface area contributed by atoms with Crippen LogP contribution in [0.3, 0.4) is 0 Å². The number of carbonyl (C=O) groups excluding carboxylic acids is 1. The smallest absolute Gasteiger partial charge is 0.433 e. The highest BCUT2D eigenvalue weighted by Crippen LogP contribution is 2.30. The SMILES string of the molecule is COc1ccc(S(=O)(=O)C(C)(C)C(=O)Nc2cccc(C(F)(F)F)n2)cc1. The largest absolute Gasteiger partial charge is 0.497 e. The van der Waals surface area contributed by atoms with Crippen molar-refractivity contribution in [2.45, 2.75) is 29.7 Å². The molecule has 0 atom stereocenters. The Labute approximate surface area is 154 Å². The average molecular weight is 402 g/mol. The Bertz CT molecular complexity index is 939. The number of aromatic nitrogens is 1. The summed E-state index contributed by atoms with van der Waals surface area (Å²) in [4.78, 5) is 15.7. The summed E-state index contributed by atoms with van der Waals surface area (Å²) in [6.45, 7) is 2.32. The zero-order valence-electron chi connectivity index (χ0n) is 14.7. The van der Waals surface area contributed by atoms with Crippen molar-refractivity contribution < 1.29 is 31.1 Å². The van der Waals surface area contributed by atoms with Crippen LogP contribution in [0.15, 0.2) is 47.4 Å². The van der Waals surface area contributed by atoms with Crippen LogP contribution in [0.1, 0.15) is 19.5 Å². The van der Waals surface area contributed by atoms with Gasteiger partial charge in [-0.3, -0.25) is 4.79 Å². The van der Waals surface area contributed by atoms with Crippen LogP contribution in [-0.4, -0.2) is 31.2 Å². The fourth-order valence-electron chi connectivity index (χ4n) is 2.10. The molecule has 10 heteroatoms. The molecule has 0 aliphatic rings. The predicted octanol–water partition coefficient (Wildman–Crippen LogP) is 3.30. The second kappa shape index (κ2) is 7.18. The van der Waals surface area contributed by atoms with E-state index in [0.717, 1.165) is 32.0 Å². The van der Waals surface area contributed by atoms with Gasteiger partial charge in [0, 0.05) is 0 Å². The van der Waals surface area contributed by atoms with E-state index in [1.54, 1.807) is 0 Å². The molecule has 2 aromatic rings. The van der Waals surface area contributed by atoms with Crippen LogP contribution in [0.2, 0.25) is 0 Å². The quantitative estimate of drug-likeness (QED) is 0.830. The van der Waals surface area contributed by atoms with E-state index in [2.05, 4.69) is 10.3 Å². The van der Waals surface area contributed by atoms with E-state index in [-0.39, 0.29) is 4.90 Å². The molecule has 0 fully saturated rings. The molecule has 1 heterocycles. The number of nitrogens with zero attached hydrogens (tertiary/aromatic N) is 1. The second-order valence-electron chi connectivity index (χ2n) is 6.05. The lowest BCUT2D eigenvalue weighted by Gasteiger charge is -2.24. The Morgan fingerprint density at radius 2 is 1.67 bits per heavy atom. The number of ether oxygens (including phenoxy) is 1. The number of methoxy groups -OCH3 is 1. The normalized spacial score (nSPS) is 12.5. The highest BCUT2D eigenvalue weighted by Gasteiger charge is 2.43. The molecule has 0 unspecified atom stereocenters. The standard InChI is InChI=1S/C17H17F3N2O4S/c1-16(2,27(24,25)12-9-7-11(26-3)8-10-12)15(23)22-14-6-4-5-13(21-14)17(18,19)20/h4-10H,1-3H3,(H,21,22,23). The number of nitrogens with one attached hydrogen (secondary N) is 1. The fraction of sp³-hybridized carbons (Fsp3) is 0.294. The topological polar surface area (TPSA) is 85.4 Å². The Hall–Kier alpha value is -2.62. The maximum absolute atomic E-state index is 12.8. The van der Waals surface area contributed by atoms with Gasteiger partial charge >= 0.3 is 6.18 Å². The number of rotatable bonds is 5. The Morgan fingerprint density at radius 3 is 2.19 bits per heavy atom. The summed E-state index contributed by atoms with van der Waals surface area (Å²) in [6.07, 6.45) is -4.69. The first-order valence-corrected chi connectivity index (χ1v) is 9.12. The first-order valence-electron chi connectivity index (χ1n) is 7.64. The maximum atomic E-state index is 12.8. The van der Waals surface area contributed by atoms with Crippen molar-refractivity contribution >= 4 is 21.6 Å². The third-order valence-electron chi connectivity index (χ3n) is 3.87. The van der Waals surface area contributed by atoms with Crippen LogP contribution in [0.4, 0.5) is 19.0 Å². The molecule has 0 aliphatic heterocycles. The van der Waals surface area contributed by atoms with Crippen LogP contribution >= 0.6 is 0 Å². The van der Waals surface area contributed by atoms with Gasteiger partial charge in [0.1, 0.15) is 22.0 Å². The van der Waals surface area contributed by atoms with E-state index in [1.165, 1.54) is 31.4 Å². The highest BCUT2D eigenvalue weighted by atomic mass is 32.2. The number of pyridine rings is 1. The molecule has 0 spiro atoms. The van der Waals surface area contributed by atoms with Crippen LogP contribution < -0.4 is 10.1 Å². The van der Waals surface area contributed by atoms with E-state index in [1.807, 2.05) is 0 Å². The van der Waals surface area contributed by atoms with Crippen molar-refractivity contribution in [3.63, 3.8) is 0 Å². The van der Waals surface area contributed by atoms with Gasteiger partial charge in [-0.1, -0.05) is 6.07 Å². The number of amides is 1. The van der Waals surface area contributed by atoms with Gasteiger partial charge in [-0.25, -0.2) is 13.4 Å². The van der Waals surface area contributed by atoms with Crippen molar-refractivity contribution in [1.82, 2.24) is 4.98 Å². The van der Waals surface area contributed by atoms with Gasteiger partial charge in [0.25, 0.3) is 0 Å². The third kappa shape index (κ3) is 4.21. The lowest BCUT2D eigenvalue weighted by Crippen LogP contribution is -2.44. The minimum absolute atomic E-state index is 0.125. The van der Waals surface area contributed by atoms with Crippen LogP contribution in [0, 0.1) is 0 Å². The number of alkyl halides is 3. The molecule has 6 nitrogen and oxygen atoms in total. The zero-order valence-corrected chi connectivity index (χ0v) is 15.5. The predicted molar refractivity (Wildman–Crippen MR) is 92.1 cm³/mol. The number of carbonyl (C=O) groups is 1. The van der Waals surface area contributed by atoms with Crippen molar-refractivity contribution in [2.24, 2.45) is 0 Å². The van der Waals surface area contributed by atoms with Crippen LogP contribution in [0.25, 0.3) is 0 Å². The molecule has 1 N–H and O–H groups in total. The Balaban J connectivity index is 2.31. The number of hydrogen-bond donors (Lipinski definition) is 1. The molecular formula is C17H17F3N2O4S. The number of hydrogen-bond acceptors (Lipinski definition) is 5. The summed E-state index contributed by atoms with van der Waals surface area (Å²) in [5.74, 6) is -0.970. The number of halogens is 3. The van der Waals surface area contributed by atoms with Gasteiger partial charge in [0.2, 0.25) is 5.91 Å². The maximum Gasteiger partial charge on any atom is 0.433 e. The van der Waals surface area contributed by atoms with Gasteiger partial charge in [-0.2, -0.15) is 13.2 Å². The molecule has 0 radical (unpaired) electrons. The van der Waals surface area contributed by atoms with Gasteiger partial charge < -0.3 is 10.1 Å². The van der Waals surface area contributed by atoms with E-state index >= 15 is 0 Å². The zero-order chi connectivity index (χ0) is 20.5. The Morgan fingerprint density at radius 1 is 1.07 bits per heavy atom. The van der Waals surface area contributed by atoms with Crippen molar-refractivity contribution in [3.8, 4) is 5.75 Å². The van der Waals surface area contributed by atoms with Gasteiger partial charge in [-0.15, -0.1) is 0 Å². The minimum atomic E-state index is -4.69. The molecule has 0 saturated carbocycles. The summed E-state index contributed by atoms with van der Waals surface area (Å²) in [5.41, 5.74) is -1.20. The van der Waals surface area contributed by atoms with E-state index in [4.69, 9.17) is 4.74 Å². The summed E-state index contributed by atoms with van der Waals surface area (Å²) < 4.78 is 66.8. The lowest BCUT2D eigenvalue weighted by molar-refractivity contribution is -0.141.